The van der Waals surface area contributed by atoms with Crippen LogP contribution in [0.4, 0.5) is 14.5 Å². The summed E-state index contributed by atoms with van der Waals surface area (Å²) in [7, 11) is 1.79. The van der Waals surface area contributed by atoms with Crippen molar-refractivity contribution in [3.8, 4) is 0 Å². The van der Waals surface area contributed by atoms with Crippen LogP contribution in [0.15, 0.2) is 18.2 Å². The fourth-order valence-electron chi connectivity index (χ4n) is 1.88. The summed E-state index contributed by atoms with van der Waals surface area (Å²) in [5.74, 6) is -1.82. The third-order valence-corrected chi connectivity index (χ3v) is 2.87. The number of nitrogens with one attached hydrogen (secondary N) is 1. The fraction of sp³-hybridized carbons (Fsp3) is 0.500. The van der Waals surface area contributed by atoms with Gasteiger partial charge in [-0.2, -0.15) is 0 Å². The Hall–Kier alpha value is -1.53. The molecule has 3 N–H and O–H groups in total. The lowest BCUT2D eigenvalue weighted by Gasteiger charge is -2.28. The zero-order valence-corrected chi connectivity index (χ0v) is 12.0. The third-order valence-electron chi connectivity index (χ3n) is 2.87. The summed E-state index contributed by atoms with van der Waals surface area (Å²) < 4.78 is 26.1. The van der Waals surface area contributed by atoms with Crippen molar-refractivity contribution in [3.05, 3.63) is 29.8 Å². The topological polar surface area (TPSA) is 58.4 Å². The molecule has 0 bridgehead atoms. The zero-order valence-electron chi connectivity index (χ0n) is 12.0. The van der Waals surface area contributed by atoms with Crippen molar-refractivity contribution >= 4 is 11.6 Å². The first kappa shape index (κ1) is 16.5. The molecular weight excluding hydrogens is 264 g/mol. The number of benzene rings is 1. The Bertz CT molecular complexity index is 477. The molecular formula is C14H21F2N3O. The first-order chi connectivity index (χ1) is 9.23. The number of halogens is 2. The molecule has 0 fully saturated rings. The Morgan fingerprint density at radius 2 is 2.05 bits per heavy atom. The van der Waals surface area contributed by atoms with Crippen molar-refractivity contribution in [2.75, 3.05) is 32.0 Å². The summed E-state index contributed by atoms with van der Waals surface area (Å²) in [5, 5.41) is 2.42. The predicted octanol–water partition coefficient (Wildman–Crippen LogP) is 1.82. The maximum absolute atomic E-state index is 13.4. The minimum Gasteiger partial charge on any atom is -0.330 e. The molecule has 0 saturated heterocycles. The van der Waals surface area contributed by atoms with E-state index in [1.807, 2.05) is 18.7 Å². The van der Waals surface area contributed by atoms with Gasteiger partial charge < -0.3 is 11.1 Å². The molecule has 0 radical (unpaired) electrons. The smallest absolute Gasteiger partial charge is 0.238 e. The lowest BCUT2D eigenvalue weighted by molar-refractivity contribution is -0.117. The number of anilines is 1. The van der Waals surface area contributed by atoms with E-state index >= 15 is 0 Å². The van der Waals surface area contributed by atoms with Gasteiger partial charge in [-0.15, -0.1) is 0 Å². The first-order valence-corrected chi connectivity index (χ1v) is 6.37. The van der Waals surface area contributed by atoms with Gasteiger partial charge in [0, 0.05) is 12.6 Å². The van der Waals surface area contributed by atoms with E-state index in [0.29, 0.717) is 13.1 Å². The summed E-state index contributed by atoms with van der Waals surface area (Å²) in [5.41, 5.74) is 5.50. The van der Waals surface area contributed by atoms with Crippen LogP contribution < -0.4 is 11.1 Å². The van der Waals surface area contributed by atoms with Gasteiger partial charge in [0.2, 0.25) is 5.91 Å². The van der Waals surface area contributed by atoms with Gasteiger partial charge >= 0.3 is 0 Å². The lowest BCUT2D eigenvalue weighted by atomic mass is 9.93. The van der Waals surface area contributed by atoms with Gasteiger partial charge in [0.1, 0.15) is 11.6 Å². The highest BCUT2D eigenvalue weighted by molar-refractivity contribution is 5.92. The number of hydrogen-bond donors (Lipinski definition) is 2. The number of amides is 1. The molecule has 4 nitrogen and oxygen atoms in total. The first-order valence-electron chi connectivity index (χ1n) is 6.37. The average molecular weight is 285 g/mol. The van der Waals surface area contributed by atoms with E-state index in [9.17, 15) is 13.6 Å². The van der Waals surface area contributed by atoms with Crippen LogP contribution in [-0.2, 0) is 4.79 Å². The average Bonchev–Trinajstić information content (AvgIpc) is 2.32. The fourth-order valence-corrected chi connectivity index (χ4v) is 1.88. The Labute approximate surface area is 117 Å². The number of carbonyl (C=O) groups is 1. The largest absolute Gasteiger partial charge is 0.330 e. The summed E-state index contributed by atoms with van der Waals surface area (Å²) in [4.78, 5) is 13.6. The van der Waals surface area contributed by atoms with Crippen LogP contribution in [0.25, 0.3) is 0 Å². The van der Waals surface area contributed by atoms with Gasteiger partial charge in [0.25, 0.3) is 0 Å². The van der Waals surface area contributed by atoms with E-state index in [-0.39, 0.29) is 23.6 Å². The standard InChI is InChI=1S/C14H21F2N3O/c1-14(2,8-17)9-19(3)7-13(20)18-12-5-4-10(15)6-11(12)16/h4-6H,7-9,17H2,1-3H3,(H,18,20). The van der Waals surface area contributed by atoms with E-state index in [0.717, 1.165) is 12.1 Å². The Kier molecular flexibility index (Phi) is 5.59. The summed E-state index contributed by atoms with van der Waals surface area (Å²) >= 11 is 0. The van der Waals surface area contributed by atoms with Crippen molar-refractivity contribution in [1.29, 1.82) is 0 Å². The Morgan fingerprint density at radius 1 is 1.40 bits per heavy atom. The van der Waals surface area contributed by atoms with Gasteiger partial charge in [-0.1, -0.05) is 13.8 Å². The molecule has 0 aliphatic carbocycles. The molecule has 1 rings (SSSR count). The molecule has 0 aliphatic rings. The van der Waals surface area contributed by atoms with Crippen molar-refractivity contribution < 1.29 is 13.6 Å². The van der Waals surface area contributed by atoms with Crippen LogP contribution in [0.2, 0.25) is 0 Å². The normalized spacial score (nSPS) is 11.8. The molecule has 0 saturated carbocycles. The summed E-state index contributed by atoms with van der Waals surface area (Å²) in [6.07, 6.45) is 0. The lowest BCUT2D eigenvalue weighted by Crippen LogP contribution is -2.40. The second kappa shape index (κ2) is 6.76. The molecule has 20 heavy (non-hydrogen) atoms. The van der Waals surface area contributed by atoms with Crippen molar-refractivity contribution in [1.82, 2.24) is 4.90 Å². The van der Waals surface area contributed by atoms with E-state index in [1.54, 1.807) is 7.05 Å². The minimum atomic E-state index is -0.789. The second-order valence-corrected chi connectivity index (χ2v) is 5.71. The van der Waals surface area contributed by atoms with Gasteiger partial charge in [-0.3, -0.25) is 9.69 Å². The van der Waals surface area contributed by atoms with Crippen LogP contribution in [0.3, 0.4) is 0 Å². The van der Waals surface area contributed by atoms with Gasteiger partial charge in [-0.05, 0) is 31.1 Å². The van der Waals surface area contributed by atoms with Crippen molar-refractivity contribution in [2.24, 2.45) is 11.1 Å². The number of likely N-dealkylation sites (N-methyl/N-ethyl adjacent to an activating group) is 1. The monoisotopic (exact) mass is 285 g/mol. The predicted molar refractivity (Wildman–Crippen MR) is 75.3 cm³/mol. The van der Waals surface area contributed by atoms with Gasteiger partial charge in [0.15, 0.2) is 0 Å². The molecule has 0 aliphatic heterocycles. The Morgan fingerprint density at radius 3 is 2.60 bits per heavy atom. The van der Waals surface area contributed by atoms with Crippen LogP contribution in [0, 0.1) is 17.0 Å². The highest BCUT2D eigenvalue weighted by atomic mass is 19.1. The van der Waals surface area contributed by atoms with Crippen LogP contribution in [0.5, 0.6) is 0 Å². The number of nitrogens with two attached hydrogens (primary N) is 1. The summed E-state index contributed by atoms with van der Waals surface area (Å²) in [6, 6.07) is 3.03. The SMILES string of the molecule is CN(CC(=O)Nc1ccc(F)cc1F)CC(C)(C)CN. The van der Waals surface area contributed by atoms with Crippen molar-refractivity contribution in [3.63, 3.8) is 0 Å². The minimum absolute atomic E-state index is 0.0251. The molecule has 0 atom stereocenters. The van der Waals surface area contributed by atoms with E-state index in [2.05, 4.69) is 5.32 Å². The highest BCUT2D eigenvalue weighted by Gasteiger charge is 2.19. The number of carbonyl (C=O) groups excluding carboxylic acids is 1. The Balaban J connectivity index is 2.55. The summed E-state index contributed by atoms with van der Waals surface area (Å²) in [6.45, 7) is 5.26. The third kappa shape index (κ3) is 5.22. The molecule has 0 aromatic heterocycles. The van der Waals surface area contributed by atoms with Gasteiger partial charge in [0.05, 0.1) is 12.2 Å². The molecule has 6 heteroatoms. The van der Waals surface area contributed by atoms with Gasteiger partial charge in [-0.25, -0.2) is 8.78 Å². The van der Waals surface area contributed by atoms with Crippen LogP contribution >= 0.6 is 0 Å². The molecule has 0 unspecified atom stereocenters. The zero-order chi connectivity index (χ0) is 15.3. The van der Waals surface area contributed by atoms with E-state index in [4.69, 9.17) is 5.73 Å². The molecule has 1 aromatic rings. The maximum Gasteiger partial charge on any atom is 0.238 e. The molecule has 1 aromatic carbocycles. The van der Waals surface area contributed by atoms with E-state index in [1.165, 1.54) is 6.07 Å². The van der Waals surface area contributed by atoms with E-state index < -0.39 is 11.6 Å². The number of rotatable bonds is 6. The molecule has 1 amide bonds. The second-order valence-electron chi connectivity index (χ2n) is 5.71. The number of hydrogen-bond acceptors (Lipinski definition) is 3. The molecule has 112 valence electrons. The quantitative estimate of drug-likeness (QED) is 0.838. The molecule has 0 heterocycles. The van der Waals surface area contributed by atoms with Crippen LogP contribution in [0.1, 0.15) is 13.8 Å². The van der Waals surface area contributed by atoms with Crippen LogP contribution in [-0.4, -0.2) is 37.5 Å². The maximum atomic E-state index is 13.4. The van der Waals surface area contributed by atoms with Crippen molar-refractivity contribution in [2.45, 2.75) is 13.8 Å². The molecule has 0 spiro atoms. The highest BCUT2D eigenvalue weighted by Crippen LogP contribution is 2.16. The number of nitrogens with zero attached hydrogens (tertiary/aromatic N) is 1.